The van der Waals surface area contributed by atoms with Crippen LogP contribution in [0.25, 0.3) is 0 Å². The quantitative estimate of drug-likeness (QED) is 0.767. The molecule has 0 bridgehead atoms. The standard InChI is InChI=1S/C11H19NO3S/c1-7(6-16-2)10(13)12-9-5-3-4-8(9)11(14)15/h7-9H,3-6H2,1-2H3,(H,12,13)(H,14,15)/t7?,8-,9+/m0/s1. The summed E-state index contributed by atoms with van der Waals surface area (Å²) in [6.07, 6.45) is 4.31. The van der Waals surface area contributed by atoms with Crippen molar-refractivity contribution >= 4 is 23.6 Å². The Hall–Kier alpha value is -0.710. The first-order valence-electron chi connectivity index (χ1n) is 5.58. The van der Waals surface area contributed by atoms with Gasteiger partial charge >= 0.3 is 5.97 Å². The predicted octanol–water partition coefficient (Wildman–Crippen LogP) is 1.35. The fourth-order valence-corrected chi connectivity index (χ4v) is 2.73. The van der Waals surface area contributed by atoms with Crippen molar-refractivity contribution < 1.29 is 14.7 Å². The number of carbonyl (C=O) groups excluding carboxylic acids is 1. The van der Waals surface area contributed by atoms with Gasteiger partial charge in [0.15, 0.2) is 0 Å². The van der Waals surface area contributed by atoms with Crippen LogP contribution in [0, 0.1) is 11.8 Å². The smallest absolute Gasteiger partial charge is 0.308 e. The molecule has 3 atom stereocenters. The van der Waals surface area contributed by atoms with E-state index < -0.39 is 11.9 Å². The van der Waals surface area contributed by atoms with Gasteiger partial charge in [-0.2, -0.15) is 11.8 Å². The Balaban J connectivity index is 2.47. The van der Waals surface area contributed by atoms with E-state index in [0.29, 0.717) is 6.42 Å². The van der Waals surface area contributed by atoms with E-state index in [1.165, 1.54) is 0 Å². The molecule has 0 aromatic rings. The molecule has 1 fully saturated rings. The number of nitrogens with one attached hydrogen (secondary N) is 1. The second kappa shape index (κ2) is 6.13. The fourth-order valence-electron chi connectivity index (χ4n) is 2.08. The van der Waals surface area contributed by atoms with Crippen molar-refractivity contribution in [3.05, 3.63) is 0 Å². The van der Waals surface area contributed by atoms with E-state index in [1.54, 1.807) is 11.8 Å². The molecule has 1 unspecified atom stereocenters. The molecule has 0 spiro atoms. The van der Waals surface area contributed by atoms with E-state index in [0.717, 1.165) is 18.6 Å². The summed E-state index contributed by atoms with van der Waals surface area (Å²) < 4.78 is 0. The van der Waals surface area contributed by atoms with Gasteiger partial charge < -0.3 is 10.4 Å². The lowest BCUT2D eigenvalue weighted by Gasteiger charge is -2.19. The molecule has 0 aromatic carbocycles. The van der Waals surface area contributed by atoms with Gasteiger partial charge in [0.1, 0.15) is 0 Å². The minimum absolute atomic E-state index is 0.0208. The highest BCUT2D eigenvalue weighted by Crippen LogP contribution is 2.26. The van der Waals surface area contributed by atoms with Crippen molar-refractivity contribution in [3.8, 4) is 0 Å². The Labute approximate surface area is 100 Å². The highest BCUT2D eigenvalue weighted by atomic mass is 32.2. The Kier molecular flexibility index (Phi) is 5.12. The monoisotopic (exact) mass is 245 g/mol. The molecule has 2 N–H and O–H groups in total. The van der Waals surface area contributed by atoms with Crippen molar-refractivity contribution in [3.63, 3.8) is 0 Å². The number of rotatable bonds is 5. The summed E-state index contributed by atoms with van der Waals surface area (Å²) >= 11 is 1.63. The zero-order chi connectivity index (χ0) is 12.1. The van der Waals surface area contributed by atoms with E-state index in [1.807, 2.05) is 13.2 Å². The van der Waals surface area contributed by atoms with Crippen molar-refractivity contribution in [1.82, 2.24) is 5.32 Å². The zero-order valence-electron chi connectivity index (χ0n) is 9.73. The molecule has 0 saturated heterocycles. The number of carboxylic acids is 1. The third-order valence-corrected chi connectivity index (χ3v) is 3.86. The predicted molar refractivity (Wildman–Crippen MR) is 64.5 cm³/mol. The summed E-state index contributed by atoms with van der Waals surface area (Å²) in [6.45, 7) is 1.87. The lowest BCUT2D eigenvalue weighted by Crippen LogP contribution is -2.42. The summed E-state index contributed by atoms with van der Waals surface area (Å²) in [6, 6.07) is -0.172. The van der Waals surface area contributed by atoms with Gasteiger partial charge in [-0.1, -0.05) is 13.3 Å². The molecule has 5 heteroatoms. The maximum Gasteiger partial charge on any atom is 0.308 e. The molecule has 1 rings (SSSR count). The third kappa shape index (κ3) is 3.40. The highest BCUT2D eigenvalue weighted by molar-refractivity contribution is 7.98. The van der Waals surface area contributed by atoms with Gasteiger partial charge in [-0.05, 0) is 19.1 Å². The average Bonchev–Trinajstić information content (AvgIpc) is 2.66. The summed E-state index contributed by atoms with van der Waals surface area (Å²) in [4.78, 5) is 22.7. The molecule has 1 saturated carbocycles. The van der Waals surface area contributed by atoms with Gasteiger partial charge in [0, 0.05) is 17.7 Å². The molecule has 92 valence electrons. The largest absolute Gasteiger partial charge is 0.481 e. The van der Waals surface area contributed by atoms with Crippen LogP contribution in [0.15, 0.2) is 0 Å². The van der Waals surface area contributed by atoms with Crippen LogP contribution in [-0.2, 0) is 9.59 Å². The highest BCUT2D eigenvalue weighted by Gasteiger charge is 2.34. The molecule has 0 aliphatic heterocycles. The molecule has 0 heterocycles. The van der Waals surface area contributed by atoms with Crippen LogP contribution in [0.1, 0.15) is 26.2 Å². The number of carboxylic acid groups (broad SMARTS) is 1. The van der Waals surface area contributed by atoms with Crippen LogP contribution < -0.4 is 5.32 Å². The van der Waals surface area contributed by atoms with Crippen LogP contribution in [0.5, 0.6) is 0 Å². The van der Waals surface area contributed by atoms with Crippen molar-refractivity contribution in [2.24, 2.45) is 11.8 Å². The minimum atomic E-state index is -0.791. The summed E-state index contributed by atoms with van der Waals surface area (Å²) in [5.41, 5.74) is 0. The molecule has 0 aromatic heterocycles. The first-order chi connectivity index (χ1) is 7.56. The summed E-state index contributed by atoms with van der Waals surface area (Å²) in [5.74, 6) is -0.487. The van der Waals surface area contributed by atoms with Crippen LogP contribution in [0.4, 0.5) is 0 Å². The lowest BCUT2D eigenvalue weighted by atomic mass is 10.0. The van der Waals surface area contributed by atoms with Gasteiger partial charge in [0.05, 0.1) is 5.92 Å². The molecule has 16 heavy (non-hydrogen) atoms. The van der Waals surface area contributed by atoms with E-state index in [2.05, 4.69) is 5.32 Å². The van der Waals surface area contributed by atoms with Crippen molar-refractivity contribution in [1.29, 1.82) is 0 Å². The van der Waals surface area contributed by atoms with Crippen molar-refractivity contribution in [2.75, 3.05) is 12.0 Å². The number of thioether (sulfide) groups is 1. The van der Waals surface area contributed by atoms with Crippen LogP contribution in [0.3, 0.4) is 0 Å². The number of amides is 1. The minimum Gasteiger partial charge on any atom is -0.481 e. The lowest BCUT2D eigenvalue weighted by molar-refractivity contribution is -0.142. The van der Waals surface area contributed by atoms with Gasteiger partial charge in [0.2, 0.25) is 5.91 Å². The normalized spacial score (nSPS) is 26.4. The first-order valence-corrected chi connectivity index (χ1v) is 6.97. The summed E-state index contributed by atoms with van der Waals surface area (Å²) in [5, 5.41) is 11.8. The average molecular weight is 245 g/mol. The molecule has 1 amide bonds. The molecule has 0 radical (unpaired) electrons. The third-order valence-electron chi connectivity index (χ3n) is 3.03. The van der Waals surface area contributed by atoms with Crippen LogP contribution >= 0.6 is 11.8 Å². The topological polar surface area (TPSA) is 66.4 Å². The maximum absolute atomic E-state index is 11.7. The first kappa shape index (κ1) is 13.4. The second-order valence-electron chi connectivity index (χ2n) is 4.35. The number of carbonyl (C=O) groups is 2. The molecular formula is C11H19NO3S. The molecule has 1 aliphatic rings. The van der Waals surface area contributed by atoms with E-state index in [9.17, 15) is 9.59 Å². The molecule has 4 nitrogen and oxygen atoms in total. The van der Waals surface area contributed by atoms with Crippen LogP contribution in [-0.4, -0.2) is 35.0 Å². The molecular weight excluding hydrogens is 226 g/mol. The second-order valence-corrected chi connectivity index (χ2v) is 5.26. The number of hydrogen-bond donors (Lipinski definition) is 2. The summed E-state index contributed by atoms with van der Waals surface area (Å²) in [7, 11) is 0. The van der Waals surface area contributed by atoms with Gasteiger partial charge in [-0.25, -0.2) is 0 Å². The van der Waals surface area contributed by atoms with Gasteiger partial charge in [-0.3, -0.25) is 9.59 Å². The Morgan fingerprint density at radius 1 is 1.50 bits per heavy atom. The van der Waals surface area contributed by atoms with Crippen LogP contribution in [0.2, 0.25) is 0 Å². The van der Waals surface area contributed by atoms with Gasteiger partial charge in [-0.15, -0.1) is 0 Å². The Bertz CT molecular complexity index is 270. The van der Waals surface area contributed by atoms with E-state index in [-0.39, 0.29) is 17.9 Å². The maximum atomic E-state index is 11.7. The number of aliphatic carboxylic acids is 1. The zero-order valence-corrected chi connectivity index (χ0v) is 10.5. The fraction of sp³-hybridized carbons (Fsp3) is 0.818. The molecule has 1 aliphatic carbocycles. The number of hydrogen-bond acceptors (Lipinski definition) is 3. The Morgan fingerprint density at radius 2 is 2.19 bits per heavy atom. The Morgan fingerprint density at radius 3 is 2.75 bits per heavy atom. The van der Waals surface area contributed by atoms with E-state index >= 15 is 0 Å². The van der Waals surface area contributed by atoms with Gasteiger partial charge in [0.25, 0.3) is 0 Å². The SMILES string of the molecule is CSCC(C)C(=O)N[C@@H]1CCC[C@@H]1C(=O)O. The van der Waals surface area contributed by atoms with Crippen molar-refractivity contribution in [2.45, 2.75) is 32.2 Å². The van der Waals surface area contributed by atoms with E-state index in [4.69, 9.17) is 5.11 Å².